The van der Waals surface area contributed by atoms with Gasteiger partial charge in [0, 0.05) is 0 Å². The Kier molecular flexibility index (Phi) is 11.8. The van der Waals surface area contributed by atoms with Crippen LogP contribution in [0.4, 0.5) is 0 Å². The molecule has 0 bridgehead atoms. The van der Waals surface area contributed by atoms with Gasteiger partial charge in [0.2, 0.25) is 6.71 Å². The van der Waals surface area contributed by atoms with Crippen molar-refractivity contribution < 1.29 is 0 Å². The lowest BCUT2D eigenvalue weighted by Crippen LogP contribution is -2.52. The molecule has 0 unspecified atom stereocenters. The van der Waals surface area contributed by atoms with Crippen molar-refractivity contribution in [3.63, 3.8) is 0 Å². The van der Waals surface area contributed by atoms with E-state index in [0.29, 0.717) is 0 Å². The van der Waals surface area contributed by atoms with Gasteiger partial charge in [0.25, 0.3) is 0 Å². The van der Waals surface area contributed by atoms with Crippen molar-refractivity contribution in [3.8, 4) is 33.4 Å². The van der Waals surface area contributed by atoms with E-state index in [1.54, 1.807) is 0 Å². The zero-order valence-electron chi connectivity index (χ0n) is 34.9. The molecule has 0 saturated carbocycles. The average molecular weight is 759 g/mol. The number of hydrogen-bond acceptors (Lipinski definition) is 0. The lowest BCUT2D eigenvalue weighted by atomic mass is 9.36. The van der Waals surface area contributed by atoms with Gasteiger partial charge in [-0.2, -0.15) is 0 Å². The molecular weight excluding hydrogens is 707 g/mol. The van der Waals surface area contributed by atoms with Crippen LogP contribution in [0.5, 0.6) is 0 Å². The molecule has 0 aromatic heterocycles. The fraction of sp³-hybridized carbons (Fsp3) is 0.103. The van der Waals surface area contributed by atoms with Crippen LogP contribution in [0.2, 0.25) is 0 Å². The Morgan fingerprint density at radius 1 is 0.475 bits per heavy atom. The van der Waals surface area contributed by atoms with E-state index in [2.05, 4.69) is 223 Å². The van der Waals surface area contributed by atoms with E-state index < -0.39 is 0 Å². The van der Waals surface area contributed by atoms with E-state index in [4.69, 9.17) is 0 Å². The summed E-state index contributed by atoms with van der Waals surface area (Å²) in [5, 5.41) is 0. The molecule has 59 heavy (non-hydrogen) atoms. The molecule has 286 valence electrons. The molecule has 1 heteroatoms. The molecule has 0 nitrogen and oxygen atoms in total. The average Bonchev–Trinajstić information content (AvgIpc) is 3.65. The van der Waals surface area contributed by atoms with Gasteiger partial charge in [0.1, 0.15) is 0 Å². The molecule has 0 heterocycles. The number of hydrogen-bond donors (Lipinski definition) is 0. The summed E-state index contributed by atoms with van der Waals surface area (Å²) in [5.41, 5.74) is 23.5. The van der Waals surface area contributed by atoms with Gasteiger partial charge in [-0.3, -0.25) is 0 Å². The minimum absolute atomic E-state index is 0.124. The number of allylic oxidation sites excluding steroid dienone is 3. The second kappa shape index (κ2) is 17.8. The maximum atomic E-state index is 2.37. The fourth-order valence-electron chi connectivity index (χ4n) is 8.72. The summed E-state index contributed by atoms with van der Waals surface area (Å²) in [6, 6.07) is 71.1. The predicted molar refractivity (Wildman–Crippen MR) is 257 cm³/mol. The summed E-state index contributed by atoms with van der Waals surface area (Å²) < 4.78 is 0. The monoisotopic (exact) mass is 758 g/mol. The van der Waals surface area contributed by atoms with Crippen LogP contribution in [0.3, 0.4) is 0 Å². The van der Waals surface area contributed by atoms with Crippen molar-refractivity contribution in [1.82, 2.24) is 0 Å². The second-order valence-electron chi connectivity index (χ2n) is 15.9. The van der Waals surface area contributed by atoms with E-state index in [-0.39, 0.29) is 6.71 Å². The summed E-state index contributed by atoms with van der Waals surface area (Å²) in [7, 11) is 0. The number of aryl methyl sites for hydroxylation is 3. The lowest BCUT2D eigenvalue weighted by molar-refractivity contribution is 1.26. The number of rotatable bonds is 8. The molecule has 0 fully saturated rings. The molecular formula is C58H51B. The molecule has 0 saturated heterocycles. The Balaban J connectivity index is 0.000000628. The zero-order valence-corrected chi connectivity index (χ0v) is 34.9. The van der Waals surface area contributed by atoms with Crippen LogP contribution < -0.4 is 16.4 Å². The molecule has 0 radical (unpaired) electrons. The van der Waals surface area contributed by atoms with E-state index in [9.17, 15) is 0 Å². The molecule has 8 aromatic carbocycles. The van der Waals surface area contributed by atoms with E-state index in [1.165, 1.54) is 99.9 Å². The molecule has 1 aliphatic rings. The zero-order chi connectivity index (χ0) is 40.7. The first-order chi connectivity index (χ1) is 28.9. The maximum Gasteiger partial charge on any atom is 0.241 e. The topological polar surface area (TPSA) is 0 Å². The SMILES string of the molecule is C/C=C\C(C)=C(/c1ccccc1)c1cc(-c2ccc(B(c3ccc(-c4cccc5c4Cc4ccccc4-5)cc3)c3cccc(C)c3)cc2)ccc1C.Cc1ccccc1. The van der Waals surface area contributed by atoms with Crippen LogP contribution in [-0.4, -0.2) is 6.71 Å². The van der Waals surface area contributed by atoms with Crippen LogP contribution in [0.1, 0.15) is 52.8 Å². The highest BCUT2D eigenvalue weighted by Crippen LogP contribution is 2.41. The van der Waals surface area contributed by atoms with Crippen molar-refractivity contribution in [1.29, 1.82) is 0 Å². The van der Waals surface area contributed by atoms with Gasteiger partial charge in [0.15, 0.2) is 0 Å². The fourth-order valence-corrected chi connectivity index (χ4v) is 8.72. The minimum Gasteiger partial charge on any atom is -0.0874 e. The Labute approximate surface area is 352 Å². The van der Waals surface area contributed by atoms with Crippen LogP contribution in [0.25, 0.3) is 39.0 Å². The van der Waals surface area contributed by atoms with Crippen molar-refractivity contribution in [2.45, 2.75) is 41.0 Å². The van der Waals surface area contributed by atoms with Crippen LogP contribution in [0.15, 0.2) is 212 Å². The minimum atomic E-state index is 0.124. The first-order valence-corrected chi connectivity index (χ1v) is 20.9. The molecule has 8 aromatic rings. The van der Waals surface area contributed by atoms with Crippen molar-refractivity contribution in [3.05, 3.63) is 251 Å². The van der Waals surface area contributed by atoms with Gasteiger partial charge in [-0.05, 0) is 119 Å². The highest BCUT2D eigenvalue weighted by molar-refractivity contribution is 6.95. The largest absolute Gasteiger partial charge is 0.241 e. The van der Waals surface area contributed by atoms with E-state index >= 15 is 0 Å². The molecule has 0 spiro atoms. The standard InChI is InChI=1S/C51H43B.C7H8/c1-5-13-37(4)51(40-15-7-6-8-16-40)49-33-41(23-22-36(49)3)38-24-28-43(29-25-38)52(45-18-11-14-35(2)32-45)44-30-26-39(27-31-44)46-20-12-21-48-47-19-10-9-17-42(47)34-50(46)48;1-7-5-3-2-4-6-7/h5-33H,34H2,1-4H3;2-6H,1H3/b13-5-,51-37+;. The van der Waals surface area contributed by atoms with Gasteiger partial charge < -0.3 is 0 Å². The Hall–Kier alpha value is -6.70. The summed E-state index contributed by atoms with van der Waals surface area (Å²) in [5.74, 6) is 0. The number of benzene rings is 8. The molecule has 0 N–H and O–H groups in total. The first-order valence-electron chi connectivity index (χ1n) is 20.9. The molecule has 0 atom stereocenters. The lowest BCUT2D eigenvalue weighted by Gasteiger charge is -2.18. The van der Waals surface area contributed by atoms with Gasteiger partial charge in [-0.1, -0.05) is 228 Å². The molecule has 1 aliphatic carbocycles. The highest BCUT2D eigenvalue weighted by Gasteiger charge is 2.24. The predicted octanol–water partition coefficient (Wildman–Crippen LogP) is 13.1. The first kappa shape index (κ1) is 39.1. The Morgan fingerprint density at radius 2 is 1.05 bits per heavy atom. The smallest absolute Gasteiger partial charge is 0.0874 e. The summed E-state index contributed by atoms with van der Waals surface area (Å²) in [6.45, 7) is 10.9. The molecule has 9 rings (SSSR count). The van der Waals surface area contributed by atoms with Gasteiger partial charge >= 0.3 is 0 Å². The van der Waals surface area contributed by atoms with Crippen LogP contribution in [-0.2, 0) is 6.42 Å². The van der Waals surface area contributed by atoms with Crippen molar-refractivity contribution >= 4 is 28.7 Å². The Morgan fingerprint density at radius 3 is 1.71 bits per heavy atom. The third kappa shape index (κ3) is 8.62. The highest BCUT2D eigenvalue weighted by atomic mass is 14.2. The molecule has 0 amide bonds. The van der Waals surface area contributed by atoms with E-state index in [0.717, 1.165) is 6.42 Å². The van der Waals surface area contributed by atoms with Gasteiger partial charge in [-0.25, -0.2) is 0 Å². The van der Waals surface area contributed by atoms with Crippen molar-refractivity contribution in [2.75, 3.05) is 0 Å². The summed E-state index contributed by atoms with van der Waals surface area (Å²) in [4.78, 5) is 0. The molecule has 0 aliphatic heterocycles. The normalized spacial score (nSPS) is 11.9. The summed E-state index contributed by atoms with van der Waals surface area (Å²) in [6.07, 6.45) is 5.33. The van der Waals surface area contributed by atoms with Gasteiger partial charge in [0.05, 0.1) is 0 Å². The number of fused-ring (bicyclic) bond motifs is 3. The van der Waals surface area contributed by atoms with E-state index in [1.807, 2.05) is 18.2 Å². The van der Waals surface area contributed by atoms with Gasteiger partial charge in [-0.15, -0.1) is 0 Å². The van der Waals surface area contributed by atoms with Crippen LogP contribution in [0, 0.1) is 20.8 Å². The van der Waals surface area contributed by atoms with Crippen molar-refractivity contribution in [2.24, 2.45) is 0 Å². The Bertz CT molecular complexity index is 2750. The third-order valence-electron chi connectivity index (χ3n) is 11.7. The second-order valence-corrected chi connectivity index (χ2v) is 15.9. The maximum absolute atomic E-state index is 2.37. The third-order valence-corrected chi connectivity index (χ3v) is 11.7. The summed E-state index contributed by atoms with van der Waals surface area (Å²) >= 11 is 0. The van der Waals surface area contributed by atoms with Crippen LogP contribution >= 0.6 is 0 Å². The quantitative estimate of drug-likeness (QED) is 0.107.